The molecule has 0 atom stereocenters. The van der Waals surface area contributed by atoms with E-state index in [1.165, 1.54) is 6.07 Å². The van der Waals surface area contributed by atoms with Crippen molar-refractivity contribution in [1.29, 1.82) is 0 Å². The first kappa shape index (κ1) is 15.6. The molecule has 0 saturated carbocycles. The molecule has 122 valence electrons. The Labute approximate surface area is 138 Å². The zero-order chi connectivity index (χ0) is 16.9. The van der Waals surface area contributed by atoms with E-state index in [4.69, 9.17) is 19.7 Å². The van der Waals surface area contributed by atoms with E-state index in [1.54, 1.807) is 7.11 Å². The fourth-order valence-electron chi connectivity index (χ4n) is 2.16. The molecule has 6 nitrogen and oxygen atoms in total. The Bertz CT molecular complexity index is 840. The van der Waals surface area contributed by atoms with Gasteiger partial charge in [0.1, 0.15) is 23.8 Å². The van der Waals surface area contributed by atoms with E-state index in [2.05, 4.69) is 5.16 Å². The van der Waals surface area contributed by atoms with Gasteiger partial charge in [-0.15, -0.1) is 0 Å². The molecule has 1 aromatic heterocycles. The number of hydrogen-bond acceptors (Lipinski definition) is 5. The molecule has 6 heteroatoms. The van der Waals surface area contributed by atoms with Gasteiger partial charge in [-0.1, -0.05) is 35.5 Å². The number of aromatic nitrogens is 1. The largest absolute Gasteiger partial charge is 0.497 e. The highest BCUT2D eigenvalue weighted by molar-refractivity contribution is 5.90. The van der Waals surface area contributed by atoms with Crippen LogP contribution in [0, 0.1) is 0 Å². The van der Waals surface area contributed by atoms with Crippen molar-refractivity contribution < 1.29 is 18.8 Å². The molecular formula is C18H16N2O4. The number of amides is 1. The van der Waals surface area contributed by atoms with Crippen molar-refractivity contribution in [2.45, 2.75) is 6.61 Å². The van der Waals surface area contributed by atoms with Crippen LogP contribution in [0.5, 0.6) is 11.5 Å². The first-order chi connectivity index (χ1) is 11.7. The van der Waals surface area contributed by atoms with Gasteiger partial charge in [-0.3, -0.25) is 4.79 Å². The molecule has 2 N–H and O–H groups in total. The molecular weight excluding hydrogens is 308 g/mol. The van der Waals surface area contributed by atoms with Crippen molar-refractivity contribution in [2.75, 3.05) is 7.11 Å². The smallest absolute Gasteiger partial charge is 0.287 e. The number of benzene rings is 2. The number of rotatable bonds is 6. The SMILES string of the molecule is COc1cccc(OCc2ccc(-c3cc(C(N)=O)on3)cc2)c1. The number of nitrogens with two attached hydrogens (primary N) is 1. The maximum Gasteiger partial charge on any atom is 0.287 e. The number of methoxy groups -OCH3 is 1. The van der Waals surface area contributed by atoms with Crippen LogP contribution in [0.3, 0.4) is 0 Å². The minimum absolute atomic E-state index is 0.0374. The average Bonchev–Trinajstić information content (AvgIpc) is 3.11. The van der Waals surface area contributed by atoms with Crippen LogP contribution in [0.15, 0.2) is 59.1 Å². The normalized spacial score (nSPS) is 10.4. The van der Waals surface area contributed by atoms with Gasteiger partial charge in [0.2, 0.25) is 5.76 Å². The van der Waals surface area contributed by atoms with E-state index >= 15 is 0 Å². The van der Waals surface area contributed by atoms with E-state index in [0.29, 0.717) is 12.3 Å². The molecule has 0 bridgehead atoms. The molecule has 0 saturated heterocycles. The summed E-state index contributed by atoms with van der Waals surface area (Å²) in [4.78, 5) is 11.0. The quantitative estimate of drug-likeness (QED) is 0.753. The van der Waals surface area contributed by atoms with Crippen LogP contribution in [0.4, 0.5) is 0 Å². The lowest BCUT2D eigenvalue weighted by atomic mass is 10.1. The minimum Gasteiger partial charge on any atom is -0.497 e. The molecule has 3 rings (SSSR count). The van der Waals surface area contributed by atoms with Gasteiger partial charge in [-0.05, 0) is 17.7 Å². The molecule has 0 spiro atoms. The third-order valence-corrected chi connectivity index (χ3v) is 3.45. The topological polar surface area (TPSA) is 87.6 Å². The molecule has 0 unspecified atom stereocenters. The van der Waals surface area contributed by atoms with Crippen molar-refractivity contribution >= 4 is 5.91 Å². The Kier molecular flexibility index (Phi) is 4.47. The Balaban J connectivity index is 1.66. The van der Waals surface area contributed by atoms with E-state index in [0.717, 1.165) is 22.6 Å². The summed E-state index contributed by atoms with van der Waals surface area (Å²) in [5.41, 5.74) is 7.54. The average molecular weight is 324 g/mol. The van der Waals surface area contributed by atoms with Crippen molar-refractivity contribution in [3.05, 3.63) is 65.9 Å². The molecule has 0 aliphatic carbocycles. The summed E-state index contributed by atoms with van der Waals surface area (Å²) in [5, 5.41) is 3.83. The lowest BCUT2D eigenvalue weighted by Crippen LogP contribution is -2.09. The van der Waals surface area contributed by atoms with E-state index in [9.17, 15) is 4.79 Å². The zero-order valence-electron chi connectivity index (χ0n) is 13.1. The third-order valence-electron chi connectivity index (χ3n) is 3.45. The highest BCUT2D eigenvalue weighted by Gasteiger charge is 2.10. The molecule has 3 aromatic rings. The summed E-state index contributed by atoms with van der Waals surface area (Å²) in [7, 11) is 1.62. The van der Waals surface area contributed by atoms with Crippen LogP contribution >= 0.6 is 0 Å². The molecule has 0 aliphatic heterocycles. The Morgan fingerprint density at radius 1 is 1.12 bits per heavy atom. The first-order valence-corrected chi connectivity index (χ1v) is 7.28. The Hall–Kier alpha value is -3.28. The monoisotopic (exact) mass is 324 g/mol. The van der Waals surface area contributed by atoms with Crippen molar-refractivity contribution in [3.8, 4) is 22.8 Å². The van der Waals surface area contributed by atoms with Gasteiger partial charge in [-0.2, -0.15) is 0 Å². The number of nitrogens with zero attached hydrogens (tertiary/aromatic N) is 1. The highest BCUT2D eigenvalue weighted by Crippen LogP contribution is 2.22. The molecule has 1 heterocycles. The van der Waals surface area contributed by atoms with Crippen LogP contribution in [-0.2, 0) is 6.61 Å². The maximum absolute atomic E-state index is 11.0. The van der Waals surface area contributed by atoms with Gasteiger partial charge in [-0.25, -0.2) is 0 Å². The molecule has 0 aliphatic rings. The van der Waals surface area contributed by atoms with Gasteiger partial charge in [0.25, 0.3) is 5.91 Å². The van der Waals surface area contributed by atoms with Crippen LogP contribution in [0.1, 0.15) is 16.1 Å². The van der Waals surface area contributed by atoms with Gasteiger partial charge >= 0.3 is 0 Å². The fraction of sp³-hybridized carbons (Fsp3) is 0.111. The van der Waals surface area contributed by atoms with Crippen LogP contribution < -0.4 is 15.2 Å². The van der Waals surface area contributed by atoms with Gasteiger partial charge in [0.15, 0.2) is 0 Å². The summed E-state index contributed by atoms with van der Waals surface area (Å²) in [6, 6.07) is 16.6. The number of primary amides is 1. The highest BCUT2D eigenvalue weighted by atomic mass is 16.5. The van der Waals surface area contributed by atoms with Crippen LogP contribution in [-0.4, -0.2) is 18.2 Å². The number of carbonyl (C=O) groups excluding carboxylic acids is 1. The van der Waals surface area contributed by atoms with Crippen LogP contribution in [0.25, 0.3) is 11.3 Å². The zero-order valence-corrected chi connectivity index (χ0v) is 13.1. The molecule has 0 fully saturated rings. The van der Waals surface area contributed by atoms with E-state index in [1.807, 2.05) is 48.5 Å². The molecule has 1 amide bonds. The fourth-order valence-corrected chi connectivity index (χ4v) is 2.16. The van der Waals surface area contributed by atoms with Crippen molar-refractivity contribution in [1.82, 2.24) is 5.16 Å². The maximum atomic E-state index is 11.0. The van der Waals surface area contributed by atoms with Gasteiger partial charge in [0, 0.05) is 17.7 Å². The lowest BCUT2D eigenvalue weighted by molar-refractivity contribution is 0.0965. The van der Waals surface area contributed by atoms with E-state index in [-0.39, 0.29) is 5.76 Å². The van der Waals surface area contributed by atoms with E-state index < -0.39 is 5.91 Å². The summed E-state index contributed by atoms with van der Waals surface area (Å²) in [6.45, 7) is 0.429. The molecule has 0 radical (unpaired) electrons. The lowest BCUT2D eigenvalue weighted by Gasteiger charge is -2.08. The summed E-state index contributed by atoms with van der Waals surface area (Å²) < 4.78 is 15.8. The second kappa shape index (κ2) is 6.87. The third kappa shape index (κ3) is 3.55. The van der Waals surface area contributed by atoms with Crippen molar-refractivity contribution in [2.24, 2.45) is 5.73 Å². The summed E-state index contributed by atoms with van der Waals surface area (Å²) in [6.07, 6.45) is 0. The summed E-state index contributed by atoms with van der Waals surface area (Å²) >= 11 is 0. The first-order valence-electron chi connectivity index (χ1n) is 7.28. The second-order valence-corrected chi connectivity index (χ2v) is 5.11. The Morgan fingerprint density at radius 2 is 1.88 bits per heavy atom. The number of hydrogen-bond donors (Lipinski definition) is 1. The second-order valence-electron chi connectivity index (χ2n) is 5.11. The van der Waals surface area contributed by atoms with Crippen molar-refractivity contribution in [3.63, 3.8) is 0 Å². The predicted molar refractivity (Wildman–Crippen MR) is 87.8 cm³/mol. The standard InChI is InChI=1S/C18H16N2O4/c1-22-14-3-2-4-15(9-14)23-11-12-5-7-13(8-6-12)16-10-17(18(19)21)24-20-16/h2-10H,11H2,1H3,(H2,19,21). The van der Waals surface area contributed by atoms with Gasteiger partial charge in [0.05, 0.1) is 7.11 Å². The molecule has 2 aromatic carbocycles. The summed E-state index contributed by atoms with van der Waals surface area (Å²) in [5.74, 6) is 0.882. The molecule has 24 heavy (non-hydrogen) atoms. The number of ether oxygens (including phenoxy) is 2. The minimum atomic E-state index is -0.642. The van der Waals surface area contributed by atoms with Gasteiger partial charge < -0.3 is 19.7 Å². The number of carbonyl (C=O) groups is 1. The Morgan fingerprint density at radius 3 is 2.54 bits per heavy atom. The van der Waals surface area contributed by atoms with Crippen LogP contribution in [0.2, 0.25) is 0 Å². The predicted octanol–water partition coefficient (Wildman–Crippen LogP) is 3.03.